The molecule has 1 aliphatic heterocycles. The Bertz CT molecular complexity index is 820. The van der Waals surface area contributed by atoms with Crippen LogP contribution >= 0.6 is 0 Å². The Morgan fingerprint density at radius 3 is 2.44 bits per heavy atom. The first-order chi connectivity index (χ1) is 12.7. The SMILES string of the molecule is CC1CCN(C(=O)c2cc(S(=O)(=O)N(C)CC(=O)NC3CC3)cn2C)CC1. The summed E-state index contributed by atoms with van der Waals surface area (Å²) in [5.74, 6) is 0.145. The van der Waals surface area contributed by atoms with E-state index < -0.39 is 10.0 Å². The summed E-state index contributed by atoms with van der Waals surface area (Å²) in [4.78, 5) is 26.5. The van der Waals surface area contributed by atoms with E-state index >= 15 is 0 Å². The van der Waals surface area contributed by atoms with Crippen molar-refractivity contribution in [3.05, 3.63) is 18.0 Å². The van der Waals surface area contributed by atoms with Gasteiger partial charge in [-0.1, -0.05) is 6.92 Å². The van der Waals surface area contributed by atoms with E-state index in [0.29, 0.717) is 24.7 Å². The van der Waals surface area contributed by atoms with Gasteiger partial charge in [0, 0.05) is 39.4 Å². The summed E-state index contributed by atoms with van der Waals surface area (Å²) in [5, 5.41) is 2.78. The molecule has 27 heavy (non-hydrogen) atoms. The first-order valence-electron chi connectivity index (χ1n) is 9.40. The molecule has 8 nitrogen and oxygen atoms in total. The summed E-state index contributed by atoms with van der Waals surface area (Å²) in [7, 11) is -0.801. The summed E-state index contributed by atoms with van der Waals surface area (Å²) in [6.45, 7) is 3.31. The Balaban J connectivity index is 1.71. The lowest BCUT2D eigenvalue weighted by molar-refractivity contribution is -0.121. The molecule has 2 fully saturated rings. The normalized spacial score (nSPS) is 18.7. The molecule has 0 unspecified atom stereocenters. The lowest BCUT2D eigenvalue weighted by Gasteiger charge is -2.30. The van der Waals surface area contributed by atoms with Crippen LogP contribution in [0.25, 0.3) is 0 Å². The molecule has 9 heteroatoms. The molecule has 2 heterocycles. The average Bonchev–Trinajstić information content (AvgIpc) is 3.33. The van der Waals surface area contributed by atoms with Crippen molar-refractivity contribution in [1.29, 1.82) is 0 Å². The van der Waals surface area contributed by atoms with Crippen molar-refractivity contribution in [2.45, 2.75) is 43.5 Å². The predicted molar refractivity (Wildman–Crippen MR) is 101 cm³/mol. The van der Waals surface area contributed by atoms with Crippen molar-refractivity contribution in [2.24, 2.45) is 13.0 Å². The van der Waals surface area contributed by atoms with Gasteiger partial charge in [0.25, 0.3) is 5.91 Å². The van der Waals surface area contributed by atoms with Crippen LogP contribution in [-0.4, -0.2) is 66.7 Å². The fourth-order valence-corrected chi connectivity index (χ4v) is 4.43. The van der Waals surface area contributed by atoms with E-state index in [0.717, 1.165) is 30.0 Å². The van der Waals surface area contributed by atoms with Crippen LogP contribution in [0.2, 0.25) is 0 Å². The Morgan fingerprint density at radius 2 is 1.85 bits per heavy atom. The minimum atomic E-state index is -3.84. The predicted octanol–water partition coefficient (Wildman–Crippen LogP) is 0.796. The highest BCUT2D eigenvalue weighted by Crippen LogP contribution is 2.22. The lowest BCUT2D eigenvalue weighted by atomic mass is 9.99. The molecule has 3 rings (SSSR count). The van der Waals surface area contributed by atoms with Crippen LogP contribution < -0.4 is 5.32 Å². The first-order valence-corrected chi connectivity index (χ1v) is 10.8. The Morgan fingerprint density at radius 1 is 1.22 bits per heavy atom. The molecule has 0 bridgehead atoms. The van der Waals surface area contributed by atoms with Crippen LogP contribution in [0, 0.1) is 5.92 Å². The zero-order valence-electron chi connectivity index (χ0n) is 16.1. The Labute approximate surface area is 160 Å². The molecule has 150 valence electrons. The number of hydrogen-bond donors (Lipinski definition) is 1. The number of rotatable bonds is 6. The third-order valence-electron chi connectivity index (χ3n) is 5.29. The van der Waals surface area contributed by atoms with Gasteiger partial charge in [-0.25, -0.2) is 8.42 Å². The van der Waals surface area contributed by atoms with E-state index in [1.165, 1.54) is 19.3 Å². The van der Waals surface area contributed by atoms with E-state index in [1.807, 2.05) is 0 Å². The molecular formula is C18H28N4O4S. The molecule has 1 aromatic heterocycles. The number of piperidine rings is 1. The monoisotopic (exact) mass is 396 g/mol. The summed E-state index contributed by atoms with van der Waals surface area (Å²) in [6.07, 6.45) is 5.24. The molecule has 2 amide bonds. The number of carbonyl (C=O) groups excluding carboxylic acids is 2. The van der Waals surface area contributed by atoms with Crippen LogP contribution in [0.5, 0.6) is 0 Å². The summed E-state index contributed by atoms with van der Waals surface area (Å²) in [5.41, 5.74) is 0.346. The minimum Gasteiger partial charge on any atom is -0.352 e. The largest absolute Gasteiger partial charge is 0.352 e. The van der Waals surface area contributed by atoms with Gasteiger partial charge in [0.1, 0.15) is 10.6 Å². The summed E-state index contributed by atoms with van der Waals surface area (Å²) in [6, 6.07) is 1.59. The number of aryl methyl sites for hydroxylation is 1. The van der Waals surface area contributed by atoms with Crippen LogP contribution in [0.4, 0.5) is 0 Å². The van der Waals surface area contributed by atoms with Crippen molar-refractivity contribution in [2.75, 3.05) is 26.7 Å². The molecule has 2 aliphatic rings. The second-order valence-corrected chi connectivity index (χ2v) is 9.79. The van der Waals surface area contributed by atoms with Crippen LogP contribution in [0.1, 0.15) is 43.1 Å². The maximum Gasteiger partial charge on any atom is 0.270 e. The zero-order valence-corrected chi connectivity index (χ0v) is 17.0. The zero-order chi connectivity index (χ0) is 19.8. The second-order valence-electron chi connectivity index (χ2n) is 7.75. The van der Waals surface area contributed by atoms with Gasteiger partial charge in [0.2, 0.25) is 15.9 Å². The van der Waals surface area contributed by atoms with Gasteiger partial charge in [-0.3, -0.25) is 9.59 Å². The minimum absolute atomic E-state index is 0.0282. The van der Waals surface area contributed by atoms with Crippen molar-refractivity contribution in [3.8, 4) is 0 Å². The molecule has 1 saturated carbocycles. The van der Waals surface area contributed by atoms with E-state index in [1.54, 1.807) is 16.5 Å². The summed E-state index contributed by atoms with van der Waals surface area (Å²) >= 11 is 0. The second kappa shape index (κ2) is 7.63. The van der Waals surface area contributed by atoms with Crippen molar-refractivity contribution < 1.29 is 18.0 Å². The molecule has 0 atom stereocenters. The standard InChI is InChI=1S/C18H28N4O4S/c1-13-6-8-22(9-7-13)18(24)16-10-15(11-20(16)2)27(25,26)21(3)12-17(23)19-14-4-5-14/h10-11,13-14H,4-9,12H2,1-3H3,(H,19,23). The van der Waals surface area contributed by atoms with Crippen LogP contribution in [-0.2, 0) is 21.9 Å². The number of amides is 2. The smallest absolute Gasteiger partial charge is 0.270 e. The van der Waals surface area contributed by atoms with Gasteiger partial charge in [-0.2, -0.15) is 4.31 Å². The van der Waals surface area contributed by atoms with Crippen LogP contribution in [0.3, 0.4) is 0 Å². The third kappa shape index (κ3) is 4.52. The van der Waals surface area contributed by atoms with E-state index in [-0.39, 0.29) is 29.3 Å². The molecule has 1 N–H and O–H groups in total. The first kappa shape index (κ1) is 19.9. The van der Waals surface area contributed by atoms with E-state index in [2.05, 4.69) is 12.2 Å². The van der Waals surface area contributed by atoms with Crippen molar-refractivity contribution in [3.63, 3.8) is 0 Å². The number of nitrogens with one attached hydrogen (secondary N) is 1. The average molecular weight is 397 g/mol. The lowest BCUT2D eigenvalue weighted by Crippen LogP contribution is -2.39. The molecule has 1 aliphatic carbocycles. The molecular weight excluding hydrogens is 368 g/mol. The molecule has 0 spiro atoms. The van der Waals surface area contributed by atoms with Gasteiger partial charge >= 0.3 is 0 Å². The van der Waals surface area contributed by atoms with E-state index in [9.17, 15) is 18.0 Å². The fraction of sp³-hybridized carbons (Fsp3) is 0.667. The number of likely N-dealkylation sites (tertiary alicyclic amines) is 1. The maximum atomic E-state index is 12.8. The summed E-state index contributed by atoms with van der Waals surface area (Å²) < 4.78 is 28.1. The highest BCUT2D eigenvalue weighted by atomic mass is 32.2. The van der Waals surface area contributed by atoms with Gasteiger partial charge in [-0.15, -0.1) is 0 Å². The number of hydrogen-bond acceptors (Lipinski definition) is 4. The van der Waals surface area contributed by atoms with Gasteiger partial charge in [0.05, 0.1) is 6.54 Å². The highest BCUT2D eigenvalue weighted by Gasteiger charge is 2.30. The van der Waals surface area contributed by atoms with Gasteiger partial charge < -0.3 is 14.8 Å². The number of carbonyl (C=O) groups is 2. The van der Waals surface area contributed by atoms with Crippen molar-refractivity contribution >= 4 is 21.8 Å². The molecule has 1 saturated heterocycles. The number of aromatic nitrogens is 1. The Kier molecular flexibility index (Phi) is 5.62. The number of sulfonamides is 1. The topological polar surface area (TPSA) is 91.7 Å². The molecule has 0 aromatic carbocycles. The number of nitrogens with zero attached hydrogens (tertiary/aromatic N) is 3. The maximum absolute atomic E-state index is 12.8. The molecule has 1 aromatic rings. The third-order valence-corrected chi connectivity index (χ3v) is 7.06. The van der Waals surface area contributed by atoms with Crippen LogP contribution in [0.15, 0.2) is 17.2 Å². The van der Waals surface area contributed by atoms with Crippen molar-refractivity contribution in [1.82, 2.24) is 19.1 Å². The van der Waals surface area contributed by atoms with Gasteiger partial charge in [0.15, 0.2) is 0 Å². The van der Waals surface area contributed by atoms with Gasteiger partial charge in [-0.05, 0) is 37.7 Å². The quantitative estimate of drug-likeness (QED) is 0.770. The fourth-order valence-electron chi connectivity index (χ4n) is 3.23. The highest BCUT2D eigenvalue weighted by molar-refractivity contribution is 7.89. The Hall–Kier alpha value is -1.87. The number of likely N-dealkylation sites (N-methyl/N-ethyl adjacent to an activating group) is 1. The molecule has 0 radical (unpaired) electrons. The van der Waals surface area contributed by atoms with E-state index in [4.69, 9.17) is 0 Å².